The summed E-state index contributed by atoms with van der Waals surface area (Å²) in [4.78, 5) is 8.02. The van der Waals surface area contributed by atoms with E-state index in [1.54, 1.807) is 18.5 Å². The summed E-state index contributed by atoms with van der Waals surface area (Å²) < 4.78 is 22.9. The second kappa shape index (κ2) is 3.90. The van der Waals surface area contributed by atoms with Crippen LogP contribution in [0.2, 0.25) is 0 Å². The molecule has 0 amide bonds. The van der Waals surface area contributed by atoms with Gasteiger partial charge in [0.15, 0.2) is 9.84 Å². The van der Waals surface area contributed by atoms with Crippen molar-refractivity contribution in [1.82, 2.24) is 9.97 Å². The van der Waals surface area contributed by atoms with Gasteiger partial charge in [0.05, 0.1) is 24.2 Å². The molecule has 1 aliphatic rings. The molecule has 0 aliphatic carbocycles. The highest BCUT2D eigenvalue weighted by Gasteiger charge is 2.21. The molecule has 80 valence electrons. The molecule has 0 aromatic carbocycles. The minimum Gasteiger partial charge on any atom is -0.362 e. The van der Waals surface area contributed by atoms with Crippen molar-refractivity contribution < 1.29 is 8.42 Å². The first-order valence-electron chi connectivity index (χ1n) is 4.20. The van der Waals surface area contributed by atoms with Crippen LogP contribution in [-0.2, 0) is 9.84 Å². The van der Waals surface area contributed by atoms with Crippen LogP contribution in [0.1, 0.15) is 0 Å². The fourth-order valence-electron chi connectivity index (χ4n) is 1.24. The van der Waals surface area contributed by atoms with E-state index in [0.717, 1.165) is 0 Å². The van der Waals surface area contributed by atoms with Crippen molar-refractivity contribution in [3.63, 3.8) is 0 Å². The smallest absolute Gasteiger partial charge is 0.173 e. The van der Waals surface area contributed by atoms with Gasteiger partial charge in [-0.15, -0.1) is 0 Å². The van der Waals surface area contributed by atoms with Crippen molar-refractivity contribution in [1.29, 1.82) is 0 Å². The molecule has 0 fully saturated rings. The molecule has 1 aromatic rings. The number of hydrogen-bond donors (Lipinski definition) is 1. The Labute approximate surface area is 95.7 Å². The Morgan fingerprint density at radius 3 is 2.73 bits per heavy atom. The fraction of sp³-hybridized carbons (Fsp3) is 0.250. The molecule has 2 rings (SSSR count). The molecular weight excluding hydrogens is 282 g/mol. The lowest BCUT2D eigenvalue weighted by atomic mass is 10.3. The number of rotatable bonds is 2. The predicted octanol–water partition coefficient (Wildman–Crippen LogP) is 0.962. The van der Waals surface area contributed by atoms with Crippen molar-refractivity contribution in [3.8, 4) is 0 Å². The average Bonchev–Trinajstić information content (AvgIpc) is 2.50. The highest BCUT2D eigenvalue weighted by atomic mass is 79.9. The SMILES string of the molecule is O=S1(=O)C=CC(Nc2cnc(Br)cn2)C1. The summed E-state index contributed by atoms with van der Waals surface area (Å²) in [7, 11) is -3.02. The van der Waals surface area contributed by atoms with Gasteiger partial charge in [0, 0.05) is 5.41 Å². The van der Waals surface area contributed by atoms with Gasteiger partial charge in [0.1, 0.15) is 10.4 Å². The van der Waals surface area contributed by atoms with Gasteiger partial charge in [-0.25, -0.2) is 18.4 Å². The van der Waals surface area contributed by atoms with Gasteiger partial charge >= 0.3 is 0 Å². The summed E-state index contributed by atoms with van der Waals surface area (Å²) in [6.45, 7) is 0. The summed E-state index contributed by atoms with van der Waals surface area (Å²) >= 11 is 3.16. The number of halogens is 1. The molecule has 1 N–H and O–H groups in total. The third-order valence-electron chi connectivity index (χ3n) is 1.88. The Balaban J connectivity index is 2.05. The van der Waals surface area contributed by atoms with E-state index in [1.807, 2.05) is 0 Å². The Hall–Kier alpha value is -0.950. The van der Waals surface area contributed by atoms with E-state index in [2.05, 4.69) is 31.2 Å². The van der Waals surface area contributed by atoms with Crippen molar-refractivity contribution in [3.05, 3.63) is 28.5 Å². The summed E-state index contributed by atoms with van der Waals surface area (Å²) in [5, 5.41) is 4.18. The predicted molar refractivity (Wildman–Crippen MR) is 60.1 cm³/mol. The minimum absolute atomic E-state index is 0.0742. The first-order chi connectivity index (χ1) is 7.05. The van der Waals surface area contributed by atoms with Gasteiger partial charge < -0.3 is 5.32 Å². The van der Waals surface area contributed by atoms with Gasteiger partial charge in [-0.3, -0.25) is 0 Å². The zero-order valence-corrected chi connectivity index (χ0v) is 9.99. The summed E-state index contributed by atoms with van der Waals surface area (Å²) in [6.07, 6.45) is 4.71. The van der Waals surface area contributed by atoms with Gasteiger partial charge in [-0.2, -0.15) is 0 Å². The van der Waals surface area contributed by atoms with E-state index in [-0.39, 0.29) is 11.8 Å². The third-order valence-corrected chi connectivity index (χ3v) is 3.69. The van der Waals surface area contributed by atoms with Crippen LogP contribution in [0.25, 0.3) is 0 Å². The molecule has 0 bridgehead atoms. The van der Waals surface area contributed by atoms with Crippen LogP contribution in [0, 0.1) is 0 Å². The highest BCUT2D eigenvalue weighted by Crippen LogP contribution is 2.13. The van der Waals surface area contributed by atoms with Crippen LogP contribution in [0.15, 0.2) is 28.5 Å². The van der Waals surface area contributed by atoms with E-state index in [1.165, 1.54) is 5.41 Å². The van der Waals surface area contributed by atoms with Crippen LogP contribution in [0.3, 0.4) is 0 Å². The van der Waals surface area contributed by atoms with Gasteiger partial charge in [0.25, 0.3) is 0 Å². The number of hydrogen-bond acceptors (Lipinski definition) is 5. The maximum Gasteiger partial charge on any atom is 0.173 e. The molecule has 1 aromatic heterocycles. The lowest BCUT2D eigenvalue weighted by Crippen LogP contribution is -2.21. The van der Waals surface area contributed by atoms with Crippen LogP contribution in [-0.4, -0.2) is 30.2 Å². The number of nitrogens with one attached hydrogen (secondary N) is 1. The third kappa shape index (κ3) is 2.75. The first-order valence-corrected chi connectivity index (χ1v) is 6.71. The topological polar surface area (TPSA) is 72.0 Å². The van der Waals surface area contributed by atoms with E-state index in [4.69, 9.17) is 0 Å². The normalized spacial score (nSPS) is 22.9. The number of aromatic nitrogens is 2. The van der Waals surface area contributed by atoms with Crippen LogP contribution in [0.4, 0.5) is 5.82 Å². The summed E-state index contributed by atoms with van der Waals surface area (Å²) in [5.41, 5.74) is 0. The van der Waals surface area contributed by atoms with Crippen LogP contribution < -0.4 is 5.32 Å². The number of sulfone groups is 1. The minimum atomic E-state index is -3.02. The molecule has 0 saturated carbocycles. The zero-order valence-electron chi connectivity index (χ0n) is 7.59. The van der Waals surface area contributed by atoms with Crippen molar-refractivity contribution >= 4 is 31.6 Å². The lowest BCUT2D eigenvalue weighted by Gasteiger charge is -2.09. The number of anilines is 1. The average molecular weight is 290 g/mol. The zero-order chi connectivity index (χ0) is 10.9. The van der Waals surface area contributed by atoms with Crippen molar-refractivity contribution in [2.24, 2.45) is 0 Å². The van der Waals surface area contributed by atoms with Crippen LogP contribution in [0.5, 0.6) is 0 Å². The second-order valence-corrected chi connectivity index (χ2v) is 5.88. The molecule has 1 unspecified atom stereocenters. The monoisotopic (exact) mass is 289 g/mol. The standard InChI is InChI=1S/C8H8BrN3O2S/c9-7-3-11-8(4-10-7)12-6-1-2-15(13,14)5-6/h1-4,6H,5H2,(H,11,12). The Morgan fingerprint density at radius 2 is 2.20 bits per heavy atom. The highest BCUT2D eigenvalue weighted by molar-refractivity contribution is 9.10. The van der Waals surface area contributed by atoms with Gasteiger partial charge in [0.2, 0.25) is 0 Å². The second-order valence-electron chi connectivity index (χ2n) is 3.13. The quantitative estimate of drug-likeness (QED) is 0.878. The number of nitrogens with zero attached hydrogens (tertiary/aromatic N) is 2. The van der Waals surface area contributed by atoms with E-state index >= 15 is 0 Å². The molecule has 15 heavy (non-hydrogen) atoms. The Morgan fingerprint density at radius 1 is 1.40 bits per heavy atom. The molecule has 1 aliphatic heterocycles. The van der Waals surface area contributed by atoms with Crippen molar-refractivity contribution in [2.45, 2.75) is 6.04 Å². The van der Waals surface area contributed by atoms with E-state index < -0.39 is 9.84 Å². The molecule has 0 radical (unpaired) electrons. The van der Waals surface area contributed by atoms with E-state index in [0.29, 0.717) is 10.4 Å². The molecular formula is C8H8BrN3O2S. The molecule has 0 saturated heterocycles. The largest absolute Gasteiger partial charge is 0.362 e. The Bertz CT molecular complexity index is 483. The lowest BCUT2D eigenvalue weighted by molar-refractivity contribution is 0.605. The van der Waals surface area contributed by atoms with Gasteiger partial charge in [-0.05, 0) is 22.0 Å². The maximum atomic E-state index is 11.1. The first kappa shape index (κ1) is 10.6. The Kier molecular flexibility index (Phi) is 2.74. The fourth-order valence-corrected chi connectivity index (χ4v) is 2.68. The molecule has 2 heterocycles. The molecule has 0 spiro atoms. The molecule has 7 heteroatoms. The maximum absolute atomic E-state index is 11.1. The summed E-state index contributed by atoms with van der Waals surface area (Å²) in [5.74, 6) is 0.634. The van der Waals surface area contributed by atoms with Gasteiger partial charge in [-0.1, -0.05) is 0 Å². The molecule has 1 atom stereocenters. The summed E-state index contributed by atoms with van der Waals surface area (Å²) in [6, 6.07) is -0.217. The van der Waals surface area contributed by atoms with E-state index in [9.17, 15) is 8.42 Å². The van der Waals surface area contributed by atoms with Crippen molar-refractivity contribution in [2.75, 3.05) is 11.1 Å². The van der Waals surface area contributed by atoms with Crippen LogP contribution >= 0.6 is 15.9 Å². The molecule has 5 nitrogen and oxygen atoms in total.